The van der Waals surface area contributed by atoms with E-state index in [0.717, 1.165) is 0 Å². The average molecular weight is 335 g/mol. The first-order chi connectivity index (χ1) is 10.8. The Kier molecular flexibility index (Phi) is 4.70. The number of nitrogens with zero attached hydrogens (tertiary/aromatic N) is 4. The van der Waals surface area contributed by atoms with Crippen LogP contribution in [0.4, 0.5) is 5.69 Å². The van der Waals surface area contributed by atoms with E-state index in [1.165, 1.54) is 36.7 Å². The van der Waals surface area contributed by atoms with Gasteiger partial charge in [0.15, 0.2) is 17.5 Å². The van der Waals surface area contributed by atoms with Crippen molar-refractivity contribution in [1.82, 2.24) is 9.97 Å². The lowest BCUT2D eigenvalue weighted by atomic mass is 10.2. The molecule has 0 unspecified atom stereocenters. The Bertz CT molecular complexity index is 796. The van der Waals surface area contributed by atoms with E-state index in [9.17, 15) is 4.57 Å². The molecule has 10 nitrogen and oxygen atoms in total. The van der Waals surface area contributed by atoms with E-state index in [1.54, 1.807) is 0 Å². The summed E-state index contributed by atoms with van der Waals surface area (Å²) in [4.78, 5) is 25.8. The first-order valence-corrected chi connectivity index (χ1v) is 7.79. The molecule has 0 saturated carbocycles. The summed E-state index contributed by atoms with van der Waals surface area (Å²) in [5, 5.41) is 7.33. The minimum atomic E-state index is -4.30. The van der Waals surface area contributed by atoms with E-state index in [-0.39, 0.29) is 22.8 Å². The molecule has 1 aromatic heterocycles. The molecular formula is C12H14N7O3P. The van der Waals surface area contributed by atoms with Crippen molar-refractivity contribution in [1.29, 1.82) is 0 Å². The van der Waals surface area contributed by atoms with Crippen molar-refractivity contribution in [3.05, 3.63) is 48.0 Å². The molecule has 1 aromatic carbocycles. The topological polar surface area (TPSA) is 186 Å². The first-order valence-electron chi connectivity index (χ1n) is 6.18. The molecule has 0 aliphatic rings. The Morgan fingerprint density at radius 2 is 1.52 bits per heavy atom. The molecule has 1 heterocycles. The fourth-order valence-corrected chi connectivity index (χ4v) is 2.04. The Labute approximate surface area is 130 Å². The predicted octanol–water partition coefficient (Wildman–Crippen LogP) is -1.11. The molecule has 0 fully saturated rings. The molecular weight excluding hydrogens is 321 g/mol. The number of benzene rings is 1. The van der Waals surface area contributed by atoms with Crippen molar-refractivity contribution in [2.24, 2.45) is 21.7 Å². The fraction of sp³-hybridized carbons (Fsp3) is 0. The van der Waals surface area contributed by atoms with Crippen LogP contribution in [0.15, 0.2) is 46.9 Å². The molecule has 120 valence electrons. The lowest BCUT2D eigenvalue weighted by Gasteiger charge is -2.04. The largest absolute Gasteiger partial charge is 0.396 e. The molecule has 0 amide bonds. The van der Waals surface area contributed by atoms with Gasteiger partial charge < -0.3 is 27.0 Å². The van der Waals surface area contributed by atoms with Gasteiger partial charge in [-0.15, -0.1) is 10.2 Å². The number of hydrogen-bond donors (Lipinski definition) is 5. The molecule has 2 aromatic rings. The summed E-state index contributed by atoms with van der Waals surface area (Å²) in [5.74, 6) is 0.105. The second-order valence-corrected chi connectivity index (χ2v) is 6.01. The van der Waals surface area contributed by atoms with Crippen LogP contribution in [0.25, 0.3) is 0 Å². The van der Waals surface area contributed by atoms with Crippen LogP contribution in [-0.2, 0) is 4.57 Å². The maximum Gasteiger partial charge on any atom is 0.356 e. The van der Waals surface area contributed by atoms with Crippen LogP contribution in [0.2, 0.25) is 0 Å². The summed E-state index contributed by atoms with van der Waals surface area (Å²) < 4.78 is 11.1. The third kappa shape index (κ3) is 4.33. The molecule has 23 heavy (non-hydrogen) atoms. The summed E-state index contributed by atoms with van der Waals surface area (Å²) in [6, 6.07) is 5.35. The Hall–Kier alpha value is -2.81. The monoisotopic (exact) mass is 335 g/mol. The lowest BCUT2D eigenvalue weighted by Crippen LogP contribution is -2.18. The second kappa shape index (κ2) is 6.53. The van der Waals surface area contributed by atoms with E-state index in [0.29, 0.717) is 11.3 Å². The number of nitrogen functional groups attached to an aromatic ring is 1. The standard InChI is InChI=1S/C12H14N7O3P/c13-8-5-16-12(17-6-8)11(15)19-18-10(14)7-1-3-9(4-2-7)23(20,21)22/h1-6H,13H2,(H2,14,18)(H2,15,19)(H2,20,21,22). The van der Waals surface area contributed by atoms with Crippen molar-refractivity contribution in [2.45, 2.75) is 0 Å². The van der Waals surface area contributed by atoms with Crippen molar-refractivity contribution in [2.75, 3.05) is 5.73 Å². The molecule has 0 aliphatic carbocycles. The number of nitrogens with two attached hydrogens (primary N) is 3. The van der Waals surface area contributed by atoms with Gasteiger partial charge in [0, 0.05) is 5.56 Å². The van der Waals surface area contributed by atoms with Crippen LogP contribution in [0, 0.1) is 0 Å². The second-order valence-electron chi connectivity index (χ2n) is 4.40. The Morgan fingerprint density at radius 1 is 1.00 bits per heavy atom. The van der Waals surface area contributed by atoms with Gasteiger partial charge in [0.25, 0.3) is 0 Å². The van der Waals surface area contributed by atoms with Crippen molar-refractivity contribution < 1.29 is 14.4 Å². The van der Waals surface area contributed by atoms with Gasteiger partial charge in [-0.25, -0.2) is 9.97 Å². The van der Waals surface area contributed by atoms with Gasteiger partial charge in [-0.2, -0.15) is 0 Å². The van der Waals surface area contributed by atoms with Crippen LogP contribution in [0.1, 0.15) is 11.4 Å². The minimum absolute atomic E-state index is 0.0145. The predicted molar refractivity (Wildman–Crippen MR) is 86.0 cm³/mol. The maximum absolute atomic E-state index is 11.1. The zero-order valence-electron chi connectivity index (χ0n) is 11.7. The summed E-state index contributed by atoms with van der Waals surface area (Å²) in [5.41, 5.74) is 17.7. The van der Waals surface area contributed by atoms with E-state index in [4.69, 9.17) is 27.0 Å². The summed E-state index contributed by atoms with van der Waals surface area (Å²) in [6.45, 7) is 0. The minimum Gasteiger partial charge on any atom is -0.396 e. The van der Waals surface area contributed by atoms with E-state index in [2.05, 4.69) is 20.2 Å². The van der Waals surface area contributed by atoms with Crippen molar-refractivity contribution >= 4 is 30.3 Å². The van der Waals surface area contributed by atoms with Gasteiger partial charge in [-0.1, -0.05) is 12.1 Å². The van der Waals surface area contributed by atoms with Gasteiger partial charge in [-0.05, 0) is 12.1 Å². The van der Waals surface area contributed by atoms with Crippen LogP contribution >= 0.6 is 7.60 Å². The molecule has 0 spiro atoms. The van der Waals surface area contributed by atoms with Crippen molar-refractivity contribution in [3.8, 4) is 0 Å². The highest BCUT2D eigenvalue weighted by atomic mass is 31.2. The first kappa shape index (κ1) is 16.6. The smallest absolute Gasteiger partial charge is 0.356 e. The van der Waals surface area contributed by atoms with Gasteiger partial charge in [0.1, 0.15) is 0 Å². The molecule has 0 radical (unpaired) electrons. The third-order valence-corrected chi connectivity index (χ3v) is 3.64. The average Bonchev–Trinajstić information content (AvgIpc) is 2.52. The molecule has 8 N–H and O–H groups in total. The van der Waals surface area contributed by atoms with Crippen molar-refractivity contribution in [3.63, 3.8) is 0 Å². The highest BCUT2D eigenvalue weighted by Crippen LogP contribution is 2.32. The number of aromatic nitrogens is 2. The molecule has 0 saturated heterocycles. The maximum atomic E-state index is 11.1. The Morgan fingerprint density at radius 3 is 2.04 bits per heavy atom. The SMILES string of the molecule is N/C(=N\N=C(/N)c1ncc(N)cn1)c1ccc(P(=O)(O)O)cc1. The lowest BCUT2D eigenvalue weighted by molar-refractivity contribution is 0.387. The zero-order valence-corrected chi connectivity index (χ0v) is 12.6. The normalized spacial score (nSPS) is 13.1. The molecule has 2 rings (SSSR count). The summed E-state index contributed by atoms with van der Waals surface area (Å²) in [6.07, 6.45) is 2.75. The fourth-order valence-electron chi connectivity index (χ4n) is 1.51. The zero-order chi connectivity index (χ0) is 17.0. The highest BCUT2D eigenvalue weighted by molar-refractivity contribution is 7.60. The molecule has 0 atom stereocenters. The van der Waals surface area contributed by atoms with Gasteiger partial charge >= 0.3 is 7.60 Å². The quantitative estimate of drug-likeness (QED) is 0.201. The van der Waals surface area contributed by atoms with Crippen LogP contribution < -0.4 is 22.5 Å². The van der Waals surface area contributed by atoms with Crippen LogP contribution in [0.3, 0.4) is 0 Å². The van der Waals surface area contributed by atoms with E-state index in [1.807, 2.05) is 0 Å². The number of hydrogen-bond acceptors (Lipinski definition) is 6. The summed E-state index contributed by atoms with van der Waals surface area (Å²) >= 11 is 0. The molecule has 0 aliphatic heterocycles. The number of anilines is 1. The van der Waals surface area contributed by atoms with E-state index < -0.39 is 7.60 Å². The number of rotatable bonds is 4. The van der Waals surface area contributed by atoms with E-state index >= 15 is 0 Å². The summed E-state index contributed by atoms with van der Waals surface area (Å²) in [7, 11) is -4.30. The molecule has 0 bridgehead atoms. The highest BCUT2D eigenvalue weighted by Gasteiger charge is 2.16. The molecule has 11 heteroatoms. The number of amidine groups is 2. The van der Waals surface area contributed by atoms with Gasteiger partial charge in [-0.3, -0.25) is 4.57 Å². The van der Waals surface area contributed by atoms with Gasteiger partial charge in [0.05, 0.1) is 23.4 Å². The van der Waals surface area contributed by atoms with Crippen LogP contribution in [-0.4, -0.2) is 31.4 Å². The van der Waals surface area contributed by atoms with Gasteiger partial charge in [0.2, 0.25) is 0 Å². The Balaban J connectivity index is 2.20. The van der Waals surface area contributed by atoms with Crippen LogP contribution in [0.5, 0.6) is 0 Å². The third-order valence-electron chi connectivity index (χ3n) is 2.67.